The van der Waals surface area contributed by atoms with Crippen LogP contribution in [0.4, 0.5) is 0 Å². The summed E-state index contributed by atoms with van der Waals surface area (Å²) in [6, 6.07) is 7.46. The van der Waals surface area contributed by atoms with Gasteiger partial charge in [0.15, 0.2) is 17.0 Å². The number of unbranched alkanes of at least 4 members (excludes halogenated alkanes) is 3. The van der Waals surface area contributed by atoms with E-state index in [9.17, 15) is 9.59 Å². The molecule has 4 rings (SSSR count). The van der Waals surface area contributed by atoms with Gasteiger partial charge in [-0.2, -0.15) is 9.97 Å². The van der Waals surface area contributed by atoms with E-state index in [0.717, 1.165) is 31.2 Å². The van der Waals surface area contributed by atoms with Crippen molar-refractivity contribution >= 4 is 22.8 Å². The number of fused-ring (bicyclic) bond motifs is 1. The van der Waals surface area contributed by atoms with E-state index < -0.39 is 11.2 Å². The second kappa shape index (κ2) is 10.7. The molecule has 0 fully saturated rings. The van der Waals surface area contributed by atoms with Crippen LogP contribution in [0.2, 0.25) is 5.28 Å². The van der Waals surface area contributed by atoms with E-state index in [1.54, 1.807) is 11.7 Å². The van der Waals surface area contributed by atoms with E-state index in [2.05, 4.69) is 27.0 Å². The minimum absolute atomic E-state index is 0.188. The molecule has 0 radical (unpaired) electrons. The number of nitrogens with one attached hydrogen (secondary N) is 1. The molecule has 0 saturated heterocycles. The summed E-state index contributed by atoms with van der Waals surface area (Å²) in [5.41, 5.74) is 0.446. The van der Waals surface area contributed by atoms with Gasteiger partial charge in [0, 0.05) is 19.5 Å². The summed E-state index contributed by atoms with van der Waals surface area (Å²) in [4.78, 5) is 36.0. The maximum Gasteiger partial charge on any atom is 0.330 e. The molecule has 1 aromatic carbocycles. The molecule has 3 heterocycles. The van der Waals surface area contributed by atoms with Crippen LogP contribution < -0.4 is 16.0 Å². The number of nitrogens with zero attached hydrogens (tertiary/aromatic N) is 5. The third kappa shape index (κ3) is 4.91. The molecule has 34 heavy (non-hydrogen) atoms. The summed E-state index contributed by atoms with van der Waals surface area (Å²) in [5, 5.41) is 4.25. The van der Waals surface area contributed by atoms with Crippen molar-refractivity contribution in [2.24, 2.45) is 0 Å². The average molecular weight is 487 g/mol. The number of hydrogen-bond acceptors (Lipinski definition) is 7. The van der Waals surface area contributed by atoms with Gasteiger partial charge in [0.25, 0.3) is 11.4 Å². The Balaban J connectivity index is 1.44. The Morgan fingerprint density at radius 3 is 2.62 bits per heavy atom. The number of H-pyrrole nitrogens is 1. The van der Waals surface area contributed by atoms with E-state index in [0.29, 0.717) is 54.6 Å². The maximum absolute atomic E-state index is 12.5. The van der Waals surface area contributed by atoms with Gasteiger partial charge in [0.1, 0.15) is 5.75 Å². The van der Waals surface area contributed by atoms with E-state index >= 15 is 0 Å². The number of benzene rings is 1. The van der Waals surface area contributed by atoms with Crippen molar-refractivity contribution in [3.8, 4) is 17.2 Å². The minimum atomic E-state index is -0.481. The lowest BCUT2D eigenvalue weighted by Gasteiger charge is -2.07. The molecule has 0 spiro atoms. The summed E-state index contributed by atoms with van der Waals surface area (Å²) in [7, 11) is 1.59. The Morgan fingerprint density at radius 1 is 1.06 bits per heavy atom. The number of ether oxygens (including phenoxy) is 1. The maximum atomic E-state index is 12.5. The van der Waals surface area contributed by atoms with Crippen LogP contribution in [0.1, 0.15) is 44.9 Å². The standard InChI is InChI=1S/C23H27ClN6O4/c1-3-4-8-14-30-19-18(20(31)27-23(30)32)29(22(24)26-19)13-9-7-12-17-25-21(34-28-17)15-10-5-6-11-16(15)33-2/h5-6,10-11H,3-4,7-9,12-14H2,1-2H3,(H,27,31,32). The molecule has 1 N–H and O–H groups in total. The zero-order valence-corrected chi connectivity index (χ0v) is 20.0. The Hall–Kier alpha value is -3.40. The second-order valence-electron chi connectivity index (χ2n) is 8.00. The lowest BCUT2D eigenvalue weighted by atomic mass is 10.2. The predicted molar refractivity (Wildman–Crippen MR) is 128 cm³/mol. The molecular formula is C23H27ClN6O4. The Labute approximate surface area is 200 Å². The third-order valence-electron chi connectivity index (χ3n) is 5.66. The van der Waals surface area contributed by atoms with Crippen LogP contribution in [-0.4, -0.2) is 36.4 Å². The lowest BCUT2D eigenvalue weighted by Crippen LogP contribution is -2.31. The Bertz CT molecular complexity index is 1390. The smallest absolute Gasteiger partial charge is 0.330 e. The van der Waals surface area contributed by atoms with E-state index in [-0.39, 0.29) is 5.28 Å². The SMILES string of the molecule is CCCCCn1c(=O)[nH]c(=O)c2c1nc(Cl)n2CCCCc1noc(-c2ccccc2OC)n1. The van der Waals surface area contributed by atoms with Gasteiger partial charge in [0.05, 0.1) is 12.7 Å². The molecule has 0 amide bonds. The van der Waals surface area contributed by atoms with Crippen molar-refractivity contribution in [1.29, 1.82) is 0 Å². The van der Waals surface area contributed by atoms with Crippen LogP contribution in [0.5, 0.6) is 5.75 Å². The van der Waals surface area contributed by atoms with Gasteiger partial charge in [-0.3, -0.25) is 14.3 Å². The van der Waals surface area contributed by atoms with Gasteiger partial charge in [0.2, 0.25) is 5.28 Å². The second-order valence-corrected chi connectivity index (χ2v) is 8.33. The first-order valence-corrected chi connectivity index (χ1v) is 11.8. The summed E-state index contributed by atoms with van der Waals surface area (Å²) in [5.74, 6) is 1.66. The molecule has 0 saturated carbocycles. The molecule has 10 nitrogen and oxygen atoms in total. The van der Waals surface area contributed by atoms with Gasteiger partial charge in [-0.05, 0) is 43.0 Å². The lowest BCUT2D eigenvalue weighted by molar-refractivity contribution is 0.402. The fourth-order valence-corrected chi connectivity index (χ4v) is 4.17. The summed E-state index contributed by atoms with van der Waals surface area (Å²) >= 11 is 6.35. The number of hydrogen-bond donors (Lipinski definition) is 1. The number of aryl methyl sites for hydroxylation is 3. The van der Waals surface area contributed by atoms with Crippen LogP contribution in [-0.2, 0) is 19.5 Å². The molecule has 3 aromatic heterocycles. The van der Waals surface area contributed by atoms with Crippen molar-refractivity contribution in [3.63, 3.8) is 0 Å². The number of methoxy groups -OCH3 is 1. The molecule has 0 aliphatic rings. The normalized spacial score (nSPS) is 11.4. The Morgan fingerprint density at radius 2 is 1.82 bits per heavy atom. The summed E-state index contributed by atoms with van der Waals surface area (Å²) in [6.45, 7) is 3.05. The molecule has 0 unspecified atom stereocenters. The van der Waals surface area contributed by atoms with E-state index in [1.807, 2.05) is 24.3 Å². The fraction of sp³-hybridized carbons (Fsp3) is 0.435. The quantitative estimate of drug-likeness (QED) is 0.252. The molecule has 0 aliphatic heterocycles. The van der Waals surface area contributed by atoms with E-state index in [1.165, 1.54) is 4.57 Å². The van der Waals surface area contributed by atoms with Crippen molar-refractivity contribution in [3.05, 3.63) is 56.2 Å². The van der Waals surface area contributed by atoms with Gasteiger partial charge in [-0.1, -0.05) is 37.1 Å². The van der Waals surface area contributed by atoms with E-state index in [4.69, 9.17) is 20.9 Å². The molecule has 11 heteroatoms. The summed E-state index contributed by atoms with van der Waals surface area (Å²) < 4.78 is 13.9. The van der Waals surface area contributed by atoms with Gasteiger partial charge in [-0.25, -0.2) is 4.79 Å². The topological polar surface area (TPSA) is 121 Å². The van der Waals surface area contributed by atoms with Crippen LogP contribution in [0.15, 0.2) is 38.4 Å². The zero-order chi connectivity index (χ0) is 24.1. The van der Waals surface area contributed by atoms with Gasteiger partial charge in [-0.15, -0.1) is 0 Å². The fourth-order valence-electron chi connectivity index (χ4n) is 3.92. The molecule has 4 aromatic rings. The molecular weight excluding hydrogens is 460 g/mol. The average Bonchev–Trinajstić information content (AvgIpc) is 3.43. The monoisotopic (exact) mass is 486 g/mol. The first-order valence-electron chi connectivity index (χ1n) is 11.4. The van der Waals surface area contributed by atoms with Crippen LogP contribution in [0.3, 0.4) is 0 Å². The molecule has 0 atom stereocenters. The Kier molecular flexibility index (Phi) is 7.46. The highest BCUT2D eigenvalue weighted by Gasteiger charge is 2.18. The van der Waals surface area contributed by atoms with Gasteiger partial charge >= 0.3 is 5.69 Å². The first-order chi connectivity index (χ1) is 16.5. The number of halogens is 1. The number of imidazole rings is 1. The molecule has 0 aliphatic carbocycles. The zero-order valence-electron chi connectivity index (χ0n) is 19.2. The minimum Gasteiger partial charge on any atom is -0.496 e. The third-order valence-corrected chi connectivity index (χ3v) is 5.95. The predicted octanol–water partition coefficient (Wildman–Crippen LogP) is 3.81. The largest absolute Gasteiger partial charge is 0.496 e. The number of para-hydroxylation sites is 1. The van der Waals surface area contributed by atoms with Crippen molar-refractivity contribution < 1.29 is 9.26 Å². The van der Waals surface area contributed by atoms with Crippen molar-refractivity contribution in [2.45, 2.75) is 58.5 Å². The van der Waals surface area contributed by atoms with Crippen LogP contribution >= 0.6 is 11.6 Å². The number of rotatable bonds is 11. The highest BCUT2D eigenvalue weighted by Crippen LogP contribution is 2.28. The number of aromatic nitrogens is 6. The number of aromatic amines is 1. The molecule has 180 valence electrons. The van der Waals surface area contributed by atoms with Crippen molar-refractivity contribution in [1.82, 2.24) is 29.2 Å². The van der Waals surface area contributed by atoms with Crippen LogP contribution in [0.25, 0.3) is 22.6 Å². The summed E-state index contributed by atoms with van der Waals surface area (Å²) in [6.07, 6.45) is 4.88. The van der Waals surface area contributed by atoms with Gasteiger partial charge < -0.3 is 13.8 Å². The highest BCUT2D eigenvalue weighted by atomic mass is 35.5. The highest BCUT2D eigenvalue weighted by molar-refractivity contribution is 6.29. The van der Waals surface area contributed by atoms with Crippen LogP contribution in [0, 0.1) is 0 Å². The first kappa shape index (κ1) is 23.7. The van der Waals surface area contributed by atoms with Crippen molar-refractivity contribution in [2.75, 3.05) is 7.11 Å². The molecule has 0 bridgehead atoms.